The van der Waals surface area contributed by atoms with Gasteiger partial charge in [0.05, 0.1) is 17.1 Å². The summed E-state index contributed by atoms with van der Waals surface area (Å²) in [7, 11) is -3.88. The van der Waals surface area contributed by atoms with E-state index in [1.54, 1.807) is 42.5 Å². The molecule has 3 aromatic rings. The topological polar surface area (TPSA) is 79.0 Å². The van der Waals surface area contributed by atoms with Gasteiger partial charge in [0.25, 0.3) is 15.9 Å². The lowest BCUT2D eigenvalue weighted by atomic mass is 10.1. The smallest absolute Gasteiger partial charge is 0.267 e. The van der Waals surface area contributed by atoms with E-state index in [2.05, 4.69) is 10.2 Å². The molecule has 5 rings (SSSR count). The fourth-order valence-electron chi connectivity index (χ4n) is 4.40. The Kier molecular flexibility index (Phi) is 5.91. The maximum absolute atomic E-state index is 13.5. The Bertz CT molecular complexity index is 1290. The van der Waals surface area contributed by atoms with Gasteiger partial charge in [-0.15, -0.1) is 0 Å². The van der Waals surface area contributed by atoms with E-state index in [4.69, 9.17) is 4.74 Å². The van der Waals surface area contributed by atoms with E-state index < -0.39 is 22.0 Å². The number of hydrogen-bond donors (Lipinski definition) is 1. The molecule has 1 atom stereocenters. The van der Waals surface area contributed by atoms with Crippen LogP contribution in [0, 0.1) is 6.92 Å². The predicted molar refractivity (Wildman–Crippen MR) is 133 cm³/mol. The number of rotatable bonds is 5. The predicted octanol–water partition coefficient (Wildman–Crippen LogP) is 4.19. The van der Waals surface area contributed by atoms with E-state index in [0.29, 0.717) is 17.1 Å². The molecule has 1 amide bonds. The van der Waals surface area contributed by atoms with Gasteiger partial charge in [-0.2, -0.15) is 0 Å². The number of nitrogens with one attached hydrogen (secondary N) is 1. The van der Waals surface area contributed by atoms with Gasteiger partial charge in [-0.3, -0.25) is 9.10 Å². The summed E-state index contributed by atoms with van der Waals surface area (Å²) in [5.74, 6) is -0.0331. The van der Waals surface area contributed by atoms with Crippen molar-refractivity contribution in [3.05, 3.63) is 78.4 Å². The highest BCUT2D eigenvalue weighted by molar-refractivity contribution is 7.92. The lowest BCUT2D eigenvalue weighted by Gasteiger charge is -2.35. The molecule has 34 heavy (non-hydrogen) atoms. The molecular weight excluding hydrogens is 450 g/mol. The second kappa shape index (κ2) is 9.02. The number of nitrogens with zero attached hydrogens (tertiary/aromatic N) is 2. The van der Waals surface area contributed by atoms with Crippen LogP contribution in [0.5, 0.6) is 5.75 Å². The Morgan fingerprint density at radius 1 is 0.971 bits per heavy atom. The van der Waals surface area contributed by atoms with Crippen LogP contribution in [-0.2, 0) is 14.8 Å². The number of sulfonamides is 1. The van der Waals surface area contributed by atoms with Crippen LogP contribution in [0.3, 0.4) is 0 Å². The number of fused-ring (bicyclic) bond motifs is 1. The first kappa shape index (κ1) is 22.3. The number of amides is 1. The molecule has 1 fully saturated rings. The summed E-state index contributed by atoms with van der Waals surface area (Å²) in [4.78, 5) is 15.6. The van der Waals surface area contributed by atoms with Crippen molar-refractivity contribution < 1.29 is 17.9 Å². The molecule has 2 aliphatic rings. The monoisotopic (exact) mass is 477 g/mol. The molecule has 0 bridgehead atoms. The Morgan fingerprint density at radius 2 is 1.68 bits per heavy atom. The molecule has 7 nitrogen and oxygen atoms in total. The van der Waals surface area contributed by atoms with Gasteiger partial charge in [0, 0.05) is 24.5 Å². The van der Waals surface area contributed by atoms with Gasteiger partial charge in [-0.25, -0.2) is 8.42 Å². The van der Waals surface area contributed by atoms with Gasteiger partial charge in [0.1, 0.15) is 5.75 Å². The second-order valence-corrected chi connectivity index (χ2v) is 10.5. The number of carbonyl (C=O) groups excluding carboxylic acids is 1. The van der Waals surface area contributed by atoms with Crippen LogP contribution in [0.4, 0.5) is 17.1 Å². The molecule has 176 valence electrons. The number of anilines is 3. The zero-order chi connectivity index (χ0) is 23.7. The van der Waals surface area contributed by atoms with E-state index in [1.165, 1.54) is 17.1 Å². The van der Waals surface area contributed by atoms with E-state index >= 15 is 0 Å². The number of carbonyl (C=O) groups is 1. The molecule has 8 heteroatoms. The van der Waals surface area contributed by atoms with Gasteiger partial charge in [-0.1, -0.05) is 24.3 Å². The van der Waals surface area contributed by atoms with E-state index in [9.17, 15) is 13.2 Å². The molecule has 0 spiro atoms. The molecule has 0 saturated carbocycles. The first-order valence-corrected chi connectivity index (χ1v) is 12.9. The Hall–Kier alpha value is -3.52. The minimum absolute atomic E-state index is 0.120. The van der Waals surface area contributed by atoms with Gasteiger partial charge in [-0.05, 0) is 73.9 Å². The summed E-state index contributed by atoms with van der Waals surface area (Å²) >= 11 is 0. The fourth-order valence-corrected chi connectivity index (χ4v) is 5.89. The maximum Gasteiger partial charge on any atom is 0.267 e. The molecule has 0 aliphatic carbocycles. The van der Waals surface area contributed by atoms with Crippen LogP contribution in [-0.4, -0.2) is 40.1 Å². The SMILES string of the molecule is Cc1ccc2c(c1)N(S(=O)(=O)c1ccccc1)C[C@@H](C(=O)Nc1ccc(N3CCCC3)cc1)O2. The van der Waals surface area contributed by atoms with Gasteiger partial charge >= 0.3 is 0 Å². The average Bonchev–Trinajstić information content (AvgIpc) is 3.39. The van der Waals surface area contributed by atoms with Crippen LogP contribution >= 0.6 is 0 Å². The number of aryl methyl sites for hydroxylation is 1. The molecule has 1 N–H and O–H groups in total. The summed E-state index contributed by atoms with van der Waals surface area (Å²) in [5.41, 5.74) is 3.11. The van der Waals surface area contributed by atoms with Crippen LogP contribution < -0.4 is 19.3 Å². The van der Waals surface area contributed by atoms with Crippen molar-refractivity contribution in [2.75, 3.05) is 34.2 Å². The number of ether oxygens (including phenoxy) is 1. The molecule has 0 aromatic heterocycles. The first-order chi connectivity index (χ1) is 16.4. The normalized spacial score (nSPS) is 17.7. The summed E-state index contributed by atoms with van der Waals surface area (Å²) in [5, 5.41) is 2.88. The Labute approximate surface area is 200 Å². The van der Waals surface area contributed by atoms with Crippen molar-refractivity contribution in [3.8, 4) is 5.75 Å². The van der Waals surface area contributed by atoms with Crippen LogP contribution in [0.15, 0.2) is 77.7 Å². The molecule has 3 aromatic carbocycles. The summed E-state index contributed by atoms with van der Waals surface area (Å²) < 4.78 is 34.2. The first-order valence-electron chi connectivity index (χ1n) is 11.4. The summed E-state index contributed by atoms with van der Waals surface area (Å²) in [6.45, 7) is 3.86. The molecule has 2 heterocycles. The van der Waals surface area contributed by atoms with Crippen molar-refractivity contribution >= 4 is 33.0 Å². The molecule has 0 radical (unpaired) electrons. The third kappa shape index (κ3) is 4.33. The van der Waals surface area contributed by atoms with Crippen LogP contribution in [0.2, 0.25) is 0 Å². The number of benzene rings is 3. The lowest BCUT2D eigenvalue weighted by Crippen LogP contribution is -2.48. The summed E-state index contributed by atoms with van der Waals surface area (Å²) in [6, 6.07) is 21.3. The van der Waals surface area contributed by atoms with Crippen LogP contribution in [0.1, 0.15) is 18.4 Å². The molecule has 2 aliphatic heterocycles. The fraction of sp³-hybridized carbons (Fsp3) is 0.269. The Balaban J connectivity index is 1.39. The third-order valence-electron chi connectivity index (χ3n) is 6.21. The maximum atomic E-state index is 13.5. The van der Waals surface area contributed by atoms with Crippen LogP contribution in [0.25, 0.3) is 0 Å². The molecule has 1 saturated heterocycles. The average molecular weight is 478 g/mol. The zero-order valence-electron chi connectivity index (χ0n) is 19.0. The van der Waals surface area contributed by atoms with Gasteiger partial charge in [0.15, 0.2) is 6.10 Å². The second-order valence-electron chi connectivity index (χ2n) is 8.66. The van der Waals surface area contributed by atoms with E-state index in [0.717, 1.165) is 24.3 Å². The van der Waals surface area contributed by atoms with Crippen molar-refractivity contribution in [1.82, 2.24) is 0 Å². The van der Waals surface area contributed by atoms with Crippen molar-refractivity contribution in [3.63, 3.8) is 0 Å². The van der Waals surface area contributed by atoms with E-state index in [-0.39, 0.29) is 11.4 Å². The Morgan fingerprint density at radius 3 is 2.38 bits per heavy atom. The van der Waals surface area contributed by atoms with Crippen molar-refractivity contribution in [2.24, 2.45) is 0 Å². The minimum atomic E-state index is -3.88. The largest absolute Gasteiger partial charge is 0.476 e. The quantitative estimate of drug-likeness (QED) is 0.596. The highest BCUT2D eigenvalue weighted by Gasteiger charge is 2.37. The molecular formula is C26H27N3O4S. The molecule has 0 unspecified atom stereocenters. The van der Waals surface area contributed by atoms with Crippen molar-refractivity contribution in [2.45, 2.75) is 30.8 Å². The van der Waals surface area contributed by atoms with E-state index in [1.807, 2.05) is 37.3 Å². The summed E-state index contributed by atoms with van der Waals surface area (Å²) in [6.07, 6.45) is 1.40. The zero-order valence-corrected chi connectivity index (χ0v) is 19.8. The lowest BCUT2D eigenvalue weighted by molar-refractivity contribution is -0.122. The standard InChI is InChI=1S/C26H27N3O4S/c1-19-9-14-24-23(17-19)29(34(31,32)22-7-3-2-4-8-22)18-25(33-24)26(30)27-20-10-12-21(13-11-20)28-15-5-6-16-28/h2-4,7-14,17,25H,5-6,15-16,18H2,1H3,(H,27,30)/t25-/m0/s1. The highest BCUT2D eigenvalue weighted by atomic mass is 32.2. The third-order valence-corrected chi connectivity index (χ3v) is 8.01. The number of hydrogen-bond acceptors (Lipinski definition) is 5. The van der Waals surface area contributed by atoms with Gasteiger partial charge < -0.3 is 15.0 Å². The minimum Gasteiger partial charge on any atom is -0.476 e. The highest BCUT2D eigenvalue weighted by Crippen LogP contribution is 2.38. The van der Waals surface area contributed by atoms with Crippen molar-refractivity contribution in [1.29, 1.82) is 0 Å². The van der Waals surface area contributed by atoms with Gasteiger partial charge in [0.2, 0.25) is 0 Å².